The molecule has 1 fully saturated rings. The van der Waals surface area contributed by atoms with Gasteiger partial charge in [0.15, 0.2) is 6.61 Å². The van der Waals surface area contributed by atoms with E-state index in [9.17, 15) is 24.5 Å². The lowest BCUT2D eigenvalue weighted by atomic mass is 10.1. The molecule has 0 bridgehead atoms. The number of thioether (sulfide) groups is 1. The molecule has 9 nitrogen and oxygen atoms in total. The first-order valence-corrected chi connectivity index (χ1v) is 10.8. The maximum Gasteiger partial charge on any atom is 0.329 e. The Kier molecular flexibility index (Phi) is 8.91. The van der Waals surface area contributed by atoms with E-state index in [-0.39, 0.29) is 23.2 Å². The van der Waals surface area contributed by atoms with Crippen LogP contribution >= 0.6 is 11.8 Å². The van der Waals surface area contributed by atoms with E-state index < -0.39 is 29.4 Å². The van der Waals surface area contributed by atoms with Gasteiger partial charge in [-0.05, 0) is 37.3 Å². The average Bonchev–Trinajstić information content (AvgIpc) is 3.22. The Morgan fingerprint density at radius 1 is 1.31 bits per heavy atom. The molecular formula is C19H25N3O6S. The molecule has 2 amide bonds. The Bertz CT molecular complexity index is 751. The zero-order chi connectivity index (χ0) is 21.2. The summed E-state index contributed by atoms with van der Waals surface area (Å²) in [6.45, 7) is -0.405. The summed E-state index contributed by atoms with van der Waals surface area (Å²) in [6.07, 6.45) is 6.17. The first kappa shape index (κ1) is 22.7. The molecule has 1 atom stereocenters. The first-order chi connectivity index (χ1) is 13.9. The van der Waals surface area contributed by atoms with Gasteiger partial charge in [-0.3, -0.25) is 19.7 Å². The lowest BCUT2D eigenvalue weighted by Gasteiger charge is -2.18. The molecule has 1 aliphatic carbocycles. The number of non-ortho nitro benzene ring substituents is 1. The molecule has 29 heavy (non-hydrogen) atoms. The number of hydrogen-bond donors (Lipinski definition) is 2. The van der Waals surface area contributed by atoms with Gasteiger partial charge < -0.3 is 15.4 Å². The second-order valence-corrected chi connectivity index (χ2v) is 7.76. The number of esters is 1. The lowest BCUT2D eigenvalue weighted by Crippen LogP contribution is -2.44. The minimum absolute atomic E-state index is 0.0696. The topological polar surface area (TPSA) is 128 Å². The van der Waals surface area contributed by atoms with Gasteiger partial charge in [0.05, 0.1) is 4.92 Å². The maximum absolute atomic E-state index is 12.4. The van der Waals surface area contributed by atoms with Crippen LogP contribution in [0.2, 0.25) is 0 Å². The van der Waals surface area contributed by atoms with Crippen LogP contribution in [-0.4, -0.2) is 53.4 Å². The highest BCUT2D eigenvalue weighted by Gasteiger charge is 2.25. The van der Waals surface area contributed by atoms with Crippen LogP contribution in [0.25, 0.3) is 0 Å². The number of nitrogens with zero attached hydrogens (tertiary/aromatic N) is 1. The molecule has 0 spiro atoms. The molecular weight excluding hydrogens is 398 g/mol. The van der Waals surface area contributed by atoms with Crippen LogP contribution in [0.3, 0.4) is 0 Å². The van der Waals surface area contributed by atoms with Crippen molar-refractivity contribution in [2.75, 3.05) is 18.6 Å². The quantitative estimate of drug-likeness (QED) is 0.335. The number of benzene rings is 1. The molecule has 10 heteroatoms. The summed E-state index contributed by atoms with van der Waals surface area (Å²) in [7, 11) is 0. The van der Waals surface area contributed by atoms with Gasteiger partial charge in [0, 0.05) is 23.7 Å². The predicted octanol–water partition coefficient (Wildman–Crippen LogP) is 2.05. The highest BCUT2D eigenvalue weighted by atomic mass is 32.2. The Hall–Kier alpha value is -2.62. The van der Waals surface area contributed by atoms with Crippen LogP contribution in [0.1, 0.15) is 42.5 Å². The zero-order valence-electron chi connectivity index (χ0n) is 16.2. The van der Waals surface area contributed by atoms with E-state index in [1.807, 2.05) is 6.26 Å². The number of ether oxygens (including phenoxy) is 1. The van der Waals surface area contributed by atoms with Crippen molar-refractivity contribution in [3.8, 4) is 0 Å². The van der Waals surface area contributed by atoms with Gasteiger partial charge in [-0.2, -0.15) is 11.8 Å². The summed E-state index contributed by atoms with van der Waals surface area (Å²) < 4.78 is 5.09. The van der Waals surface area contributed by atoms with Crippen LogP contribution in [0.15, 0.2) is 24.3 Å². The molecule has 1 aromatic carbocycles. The van der Waals surface area contributed by atoms with Crippen molar-refractivity contribution >= 4 is 35.2 Å². The number of carbonyl (C=O) groups is 3. The fourth-order valence-electron chi connectivity index (χ4n) is 3.06. The van der Waals surface area contributed by atoms with Crippen LogP contribution in [0, 0.1) is 10.1 Å². The summed E-state index contributed by atoms with van der Waals surface area (Å²) in [4.78, 5) is 47.1. The van der Waals surface area contributed by atoms with E-state index in [4.69, 9.17) is 4.74 Å². The fourth-order valence-corrected chi connectivity index (χ4v) is 3.54. The summed E-state index contributed by atoms with van der Waals surface area (Å²) >= 11 is 1.49. The predicted molar refractivity (Wildman–Crippen MR) is 109 cm³/mol. The van der Waals surface area contributed by atoms with Crippen LogP contribution < -0.4 is 10.6 Å². The van der Waals surface area contributed by atoms with Gasteiger partial charge in [0.25, 0.3) is 17.5 Å². The molecule has 1 saturated carbocycles. The number of rotatable bonds is 10. The van der Waals surface area contributed by atoms with E-state index in [1.165, 1.54) is 30.0 Å². The minimum atomic E-state index is -0.950. The standard InChI is InChI=1S/C19H25N3O6S/c1-29-10-9-16(19(25)28-12-17(23)20-14-6-2-3-7-14)21-18(24)13-5-4-8-15(11-13)22(26)27/h4-5,8,11,14,16H,2-3,6-7,9-10,12H2,1H3,(H,20,23)(H,21,24)/t16-/m1/s1. The van der Waals surface area contributed by atoms with Crippen molar-refractivity contribution in [3.63, 3.8) is 0 Å². The summed E-state index contributed by atoms with van der Waals surface area (Å²) in [6, 6.07) is 4.42. The number of nitrogens with one attached hydrogen (secondary N) is 2. The van der Waals surface area contributed by atoms with Crippen molar-refractivity contribution in [1.29, 1.82) is 0 Å². The van der Waals surface area contributed by atoms with Gasteiger partial charge in [-0.1, -0.05) is 18.9 Å². The van der Waals surface area contributed by atoms with Crippen LogP contribution in [-0.2, 0) is 14.3 Å². The number of carbonyl (C=O) groups excluding carboxylic acids is 3. The third kappa shape index (κ3) is 7.37. The molecule has 158 valence electrons. The van der Waals surface area contributed by atoms with E-state index in [1.54, 1.807) is 0 Å². The third-order valence-electron chi connectivity index (χ3n) is 4.59. The van der Waals surface area contributed by atoms with Crippen LogP contribution in [0.4, 0.5) is 5.69 Å². The van der Waals surface area contributed by atoms with Crippen molar-refractivity contribution in [1.82, 2.24) is 10.6 Å². The number of amides is 2. The molecule has 0 radical (unpaired) electrons. The normalized spacial score (nSPS) is 14.8. The number of nitro groups is 1. The van der Waals surface area contributed by atoms with Crippen molar-refractivity contribution < 1.29 is 24.0 Å². The van der Waals surface area contributed by atoms with Gasteiger partial charge in [-0.15, -0.1) is 0 Å². The molecule has 0 saturated heterocycles. The molecule has 0 aromatic heterocycles. The largest absolute Gasteiger partial charge is 0.454 e. The summed E-state index contributed by atoms with van der Waals surface area (Å²) in [5, 5.41) is 16.3. The molecule has 2 N–H and O–H groups in total. The second kappa shape index (κ2) is 11.4. The Balaban J connectivity index is 1.93. The molecule has 1 aromatic rings. The Morgan fingerprint density at radius 2 is 2.03 bits per heavy atom. The first-order valence-electron chi connectivity index (χ1n) is 9.41. The highest BCUT2D eigenvalue weighted by Crippen LogP contribution is 2.17. The van der Waals surface area contributed by atoms with Gasteiger partial charge in [0.1, 0.15) is 6.04 Å². The number of hydrogen-bond acceptors (Lipinski definition) is 7. The van der Waals surface area contributed by atoms with Crippen molar-refractivity contribution in [2.24, 2.45) is 0 Å². The van der Waals surface area contributed by atoms with Crippen molar-refractivity contribution in [3.05, 3.63) is 39.9 Å². The molecule has 0 unspecified atom stereocenters. The van der Waals surface area contributed by atoms with Gasteiger partial charge >= 0.3 is 5.97 Å². The Morgan fingerprint density at radius 3 is 2.69 bits per heavy atom. The van der Waals surface area contributed by atoms with Gasteiger partial charge in [0.2, 0.25) is 0 Å². The van der Waals surface area contributed by atoms with E-state index in [0.717, 1.165) is 31.7 Å². The van der Waals surface area contributed by atoms with E-state index in [2.05, 4.69) is 10.6 Å². The fraction of sp³-hybridized carbons (Fsp3) is 0.526. The SMILES string of the molecule is CSCC[C@@H](NC(=O)c1cccc([N+](=O)[O-])c1)C(=O)OCC(=O)NC1CCCC1. The zero-order valence-corrected chi connectivity index (χ0v) is 17.0. The van der Waals surface area contributed by atoms with Gasteiger partial charge in [-0.25, -0.2) is 4.79 Å². The lowest BCUT2D eigenvalue weighted by molar-refractivity contribution is -0.384. The molecule has 0 aliphatic heterocycles. The van der Waals surface area contributed by atoms with Crippen LogP contribution in [0.5, 0.6) is 0 Å². The summed E-state index contributed by atoms with van der Waals surface area (Å²) in [5.74, 6) is -1.10. The van der Waals surface area contributed by atoms with E-state index in [0.29, 0.717) is 12.2 Å². The third-order valence-corrected chi connectivity index (χ3v) is 5.23. The molecule has 0 heterocycles. The monoisotopic (exact) mass is 423 g/mol. The average molecular weight is 423 g/mol. The molecule has 2 rings (SSSR count). The number of nitro benzene ring substituents is 1. The molecule has 1 aliphatic rings. The maximum atomic E-state index is 12.4. The Labute approximate surface area is 173 Å². The smallest absolute Gasteiger partial charge is 0.329 e. The second-order valence-electron chi connectivity index (χ2n) is 6.77. The minimum Gasteiger partial charge on any atom is -0.454 e. The summed E-state index contributed by atoms with van der Waals surface area (Å²) in [5.41, 5.74) is -0.149. The van der Waals surface area contributed by atoms with E-state index >= 15 is 0 Å². The highest BCUT2D eigenvalue weighted by molar-refractivity contribution is 7.98. The van der Waals surface area contributed by atoms with Crippen molar-refractivity contribution in [2.45, 2.75) is 44.2 Å².